The molecule has 3 aromatic rings. The summed E-state index contributed by atoms with van der Waals surface area (Å²) in [6.45, 7) is -0.00167. The van der Waals surface area contributed by atoms with E-state index >= 15 is 0 Å². The molecule has 2 aromatic heterocycles. The highest BCUT2D eigenvalue weighted by Crippen LogP contribution is 2.36. The van der Waals surface area contributed by atoms with Gasteiger partial charge in [-0.05, 0) is 18.2 Å². The highest BCUT2D eigenvalue weighted by atomic mass is 35.5. The fraction of sp³-hybridized carbons (Fsp3) is 0.273. The van der Waals surface area contributed by atoms with Gasteiger partial charge in [0.25, 0.3) is 5.91 Å². The van der Waals surface area contributed by atoms with Crippen molar-refractivity contribution in [1.29, 1.82) is 5.41 Å². The number of ether oxygens (including phenoxy) is 1. The molecule has 0 saturated heterocycles. The molecule has 4 rings (SSSR count). The highest BCUT2D eigenvalue weighted by molar-refractivity contribution is 6.35. The van der Waals surface area contributed by atoms with Gasteiger partial charge in [-0.3, -0.25) is 4.79 Å². The van der Waals surface area contributed by atoms with Gasteiger partial charge < -0.3 is 26.1 Å². The summed E-state index contributed by atoms with van der Waals surface area (Å²) in [5.41, 5.74) is 6.97. The normalized spacial score (nSPS) is 15.6. The third-order valence-corrected chi connectivity index (χ3v) is 6.04. The van der Waals surface area contributed by atoms with Crippen LogP contribution in [0.25, 0.3) is 10.9 Å². The van der Waals surface area contributed by atoms with Crippen molar-refractivity contribution in [3.63, 3.8) is 0 Å². The standard InChI is InChI=1S/C22H20ClF3N6O2/c1-29-19-13(7-27)11-5-12(14(23)6-15(11)31-20(19)28)21(33)32(2)17-9-34-8-16-10(17)3-4-18(30-16)22(24,25)26/h3-7,17,27,29H,8-9H2,1-2H3,(H2,28,31)/t17-/m1/s1. The largest absolute Gasteiger partial charge is 0.433 e. The molecule has 0 bridgehead atoms. The minimum absolute atomic E-state index is 0.0845. The Kier molecular flexibility index (Phi) is 6.09. The zero-order chi connectivity index (χ0) is 24.8. The van der Waals surface area contributed by atoms with Crippen LogP contribution in [0.3, 0.4) is 0 Å². The average molecular weight is 493 g/mol. The van der Waals surface area contributed by atoms with Gasteiger partial charge >= 0.3 is 6.18 Å². The molecule has 0 spiro atoms. The highest BCUT2D eigenvalue weighted by Gasteiger charge is 2.36. The molecule has 0 radical (unpaired) electrons. The number of rotatable bonds is 4. The molecule has 0 fully saturated rings. The van der Waals surface area contributed by atoms with E-state index in [9.17, 15) is 18.0 Å². The summed E-state index contributed by atoms with van der Waals surface area (Å²) in [5.74, 6) is -0.297. The molecule has 1 amide bonds. The van der Waals surface area contributed by atoms with E-state index in [0.29, 0.717) is 27.7 Å². The smallest absolute Gasteiger partial charge is 0.385 e. The SMILES string of the molecule is CNc1c(N)nc2cc(Cl)c(C(=O)N(C)[C@@H]3COCc4nc(C(F)(F)F)ccc43)cc2c1C=N. The van der Waals surface area contributed by atoms with Gasteiger partial charge in [0.05, 0.1) is 46.7 Å². The summed E-state index contributed by atoms with van der Waals surface area (Å²) in [6, 6.07) is 4.56. The Morgan fingerprint density at radius 2 is 2.09 bits per heavy atom. The number of amides is 1. The van der Waals surface area contributed by atoms with Crippen molar-refractivity contribution < 1.29 is 22.7 Å². The maximum absolute atomic E-state index is 13.4. The summed E-state index contributed by atoms with van der Waals surface area (Å²) < 4.78 is 44.6. The van der Waals surface area contributed by atoms with Crippen LogP contribution in [0.5, 0.6) is 0 Å². The lowest BCUT2D eigenvalue weighted by Gasteiger charge is -2.33. The van der Waals surface area contributed by atoms with Crippen LogP contribution in [0.1, 0.15) is 38.9 Å². The van der Waals surface area contributed by atoms with Crippen LogP contribution in [0, 0.1) is 5.41 Å². The molecule has 1 aliphatic heterocycles. The zero-order valence-corrected chi connectivity index (χ0v) is 18.9. The molecule has 1 atom stereocenters. The van der Waals surface area contributed by atoms with Gasteiger partial charge in [0.15, 0.2) is 0 Å². The number of nitrogens with zero attached hydrogens (tertiary/aromatic N) is 3. The molecule has 8 nitrogen and oxygen atoms in total. The van der Waals surface area contributed by atoms with Crippen molar-refractivity contribution in [3.8, 4) is 0 Å². The van der Waals surface area contributed by atoms with E-state index in [1.165, 1.54) is 30.1 Å². The van der Waals surface area contributed by atoms with E-state index in [4.69, 9.17) is 27.5 Å². The quantitative estimate of drug-likeness (QED) is 0.468. The Hall–Kier alpha value is -3.44. The molecular formula is C22H20ClF3N6O2. The molecule has 1 aromatic carbocycles. The molecule has 0 aliphatic carbocycles. The summed E-state index contributed by atoms with van der Waals surface area (Å²) in [7, 11) is 3.15. The monoisotopic (exact) mass is 492 g/mol. The zero-order valence-electron chi connectivity index (χ0n) is 18.1. The number of aromatic nitrogens is 2. The fourth-order valence-electron chi connectivity index (χ4n) is 4.00. The van der Waals surface area contributed by atoms with Crippen molar-refractivity contribution >= 4 is 46.1 Å². The van der Waals surface area contributed by atoms with E-state index in [2.05, 4.69) is 15.3 Å². The van der Waals surface area contributed by atoms with Gasteiger partial charge in [0.1, 0.15) is 11.5 Å². The third kappa shape index (κ3) is 4.01. The number of hydrogen-bond donors (Lipinski definition) is 3. The van der Waals surface area contributed by atoms with E-state index in [1.54, 1.807) is 7.05 Å². The lowest BCUT2D eigenvalue weighted by molar-refractivity contribution is -0.141. The number of carbonyl (C=O) groups is 1. The first-order chi connectivity index (χ1) is 16.1. The number of pyridine rings is 2. The summed E-state index contributed by atoms with van der Waals surface area (Å²) >= 11 is 6.40. The van der Waals surface area contributed by atoms with E-state index in [0.717, 1.165) is 12.3 Å². The number of nitrogen functional groups attached to an aromatic ring is 1. The Balaban J connectivity index is 1.75. The van der Waals surface area contributed by atoms with Crippen LogP contribution < -0.4 is 11.1 Å². The Bertz CT molecular complexity index is 1310. The van der Waals surface area contributed by atoms with E-state index in [-0.39, 0.29) is 35.3 Å². The number of likely N-dealkylation sites (N-methyl/N-ethyl adjacent to an activating group) is 1. The third-order valence-electron chi connectivity index (χ3n) is 5.73. The second kappa shape index (κ2) is 8.73. The molecule has 3 heterocycles. The van der Waals surface area contributed by atoms with Crippen molar-refractivity contribution in [3.05, 3.63) is 57.4 Å². The Morgan fingerprint density at radius 3 is 2.74 bits per heavy atom. The first-order valence-corrected chi connectivity index (χ1v) is 10.5. The number of carbonyl (C=O) groups excluding carboxylic acids is 1. The Labute approximate surface area is 197 Å². The molecule has 0 saturated carbocycles. The molecule has 12 heteroatoms. The van der Waals surface area contributed by atoms with Gasteiger partial charge in [-0.2, -0.15) is 13.2 Å². The lowest BCUT2D eigenvalue weighted by atomic mass is 9.99. The van der Waals surface area contributed by atoms with Gasteiger partial charge in [0.2, 0.25) is 0 Å². The van der Waals surface area contributed by atoms with E-state index in [1.807, 2.05) is 0 Å². The van der Waals surface area contributed by atoms with Gasteiger partial charge in [-0.25, -0.2) is 9.97 Å². The molecule has 1 aliphatic rings. The minimum Gasteiger partial charge on any atom is -0.385 e. The summed E-state index contributed by atoms with van der Waals surface area (Å²) in [5, 5.41) is 11.3. The van der Waals surface area contributed by atoms with Crippen LogP contribution in [0.2, 0.25) is 5.02 Å². The molecule has 34 heavy (non-hydrogen) atoms. The Morgan fingerprint density at radius 1 is 1.35 bits per heavy atom. The second-order valence-corrected chi connectivity index (χ2v) is 8.11. The number of hydrogen-bond acceptors (Lipinski definition) is 7. The molecule has 0 unspecified atom stereocenters. The van der Waals surface area contributed by atoms with Crippen LogP contribution in [-0.4, -0.2) is 47.7 Å². The van der Waals surface area contributed by atoms with Crippen LogP contribution >= 0.6 is 11.6 Å². The van der Waals surface area contributed by atoms with Gasteiger partial charge in [0, 0.05) is 36.8 Å². The molecule has 4 N–H and O–H groups in total. The summed E-state index contributed by atoms with van der Waals surface area (Å²) in [4.78, 5) is 22.8. The first kappa shape index (κ1) is 23.7. The lowest BCUT2D eigenvalue weighted by Crippen LogP contribution is -2.37. The predicted octanol–water partition coefficient (Wildman–Crippen LogP) is 4.27. The maximum Gasteiger partial charge on any atom is 0.433 e. The molecular weight excluding hydrogens is 473 g/mol. The van der Waals surface area contributed by atoms with Crippen LogP contribution in [0.4, 0.5) is 24.7 Å². The van der Waals surface area contributed by atoms with Gasteiger partial charge in [-0.1, -0.05) is 17.7 Å². The van der Waals surface area contributed by atoms with Crippen molar-refractivity contribution in [2.75, 3.05) is 31.8 Å². The minimum atomic E-state index is -4.58. The summed E-state index contributed by atoms with van der Waals surface area (Å²) in [6.07, 6.45) is -3.48. The number of halogens is 4. The topological polar surface area (TPSA) is 117 Å². The van der Waals surface area contributed by atoms with Crippen molar-refractivity contribution in [2.24, 2.45) is 0 Å². The predicted molar refractivity (Wildman–Crippen MR) is 122 cm³/mol. The van der Waals surface area contributed by atoms with Crippen LogP contribution in [0.15, 0.2) is 24.3 Å². The number of nitrogens with one attached hydrogen (secondary N) is 2. The number of anilines is 2. The first-order valence-electron chi connectivity index (χ1n) is 10.1. The fourth-order valence-corrected chi connectivity index (χ4v) is 4.24. The van der Waals surface area contributed by atoms with Crippen molar-refractivity contribution in [1.82, 2.24) is 14.9 Å². The number of nitrogens with two attached hydrogens (primary N) is 1. The van der Waals surface area contributed by atoms with E-state index < -0.39 is 23.8 Å². The molecule has 178 valence electrons. The maximum atomic E-state index is 13.4. The number of benzene rings is 1. The van der Waals surface area contributed by atoms with Crippen LogP contribution in [-0.2, 0) is 17.5 Å². The van der Waals surface area contributed by atoms with Crippen molar-refractivity contribution in [2.45, 2.75) is 18.8 Å². The van der Waals surface area contributed by atoms with Gasteiger partial charge in [-0.15, -0.1) is 0 Å². The number of alkyl halides is 3. The second-order valence-electron chi connectivity index (χ2n) is 7.71. The average Bonchev–Trinajstić information content (AvgIpc) is 2.80. The number of fused-ring (bicyclic) bond motifs is 2.